The van der Waals surface area contributed by atoms with E-state index in [1.54, 1.807) is 0 Å². The van der Waals surface area contributed by atoms with Gasteiger partial charge in [-0.05, 0) is 37.7 Å². The second kappa shape index (κ2) is 5.16. The number of alkyl halides is 1. The van der Waals surface area contributed by atoms with Crippen molar-refractivity contribution in [2.24, 2.45) is 5.41 Å². The van der Waals surface area contributed by atoms with Gasteiger partial charge in [-0.3, -0.25) is 4.68 Å². The molecule has 2 aromatic rings. The zero-order valence-corrected chi connectivity index (χ0v) is 12.3. The van der Waals surface area contributed by atoms with Crippen molar-refractivity contribution in [2.75, 3.05) is 5.88 Å². The van der Waals surface area contributed by atoms with Gasteiger partial charge in [-0.2, -0.15) is 5.10 Å². The number of hydrogen-bond donors (Lipinski definition) is 0. The van der Waals surface area contributed by atoms with Crippen molar-refractivity contribution in [1.82, 2.24) is 9.78 Å². The summed E-state index contributed by atoms with van der Waals surface area (Å²) < 4.78 is 2.11. The molecule has 0 saturated heterocycles. The SMILES string of the molecule is CCn1nc(CC2(CCl)CCCC2)c2ccccc21. The van der Waals surface area contributed by atoms with Gasteiger partial charge < -0.3 is 0 Å². The largest absolute Gasteiger partial charge is 0.265 e. The molecule has 1 aromatic carbocycles. The molecule has 1 aliphatic rings. The molecule has 1 fully saturated rings. The van der Waals surface area contributed by atoms with Crippen LogP contribution in [-0.2, 0) is 13.0 Å². The molecule has 1 aliphatic carbocycles. The van der Waals surface area contributed by atoms with Crippen LogP contribution in [0.4, 0.5) is 0 Å². The number of fused-ring (bicyclic) bond motifs is 1. The quantitative estimate of drug-likeness (QED) is 0.757. The Labute approximate surface area is 119 Å². The van der Waals surface area contributed by atoms with Gasteiger partial charge in [0.25, 0.3) is 0 Å². The number of nitrogens with zero attached hydrogens (tertiary/aromatic N) is 2. The van der Waals surface area contributed by atoms with Gasteiger partial charge in [0.1, 0.15) is 0 Å². The van der Waals surface area contributed by atoms with Crippen LogP contribution >= 0.6 is 11.6 Å². The van der Waals surface area contributed by atoms with Crippen LogP contribution in [0.15, 0.2) is 24.3 Å². The predicted octanol–water partition coefficient (Wildman–Crippen LogP) is 4.40. The van der Waals surface area contributed by atoms with E-state index >= 15 is 0 Å². The summed E-state index contributed by atoms with van der Waals surface area (Å²) in [6.45, 7) is 3.07. The van der Waals surface area contributed by atoms with Crippen LogP contribution in [0, 0.1) is 5.41 Å². The van der Waals surface area contributed by atoms with Crippen LogP contribution in [0.3, 0.4) is 0 Å². The molecular formula is C16H21ClN2. The minimum absolute atomic E-state index is 0.289. The second-order valence-electron chi connectivity index (χ2n) is 5.80. The standard InChI is InChI=1S/C16H21ClN2/c1-2-19-15-8-4-3-7-13(15)14(18-19)11-16(12-17)9-5-6-10-16/h3-4,7-8H,2,5-6,9-12H2,1H3. The van der Waals surface area contributed by atoms with Crippen LogP contribution in [0.1, 0.15) is 38.3 Å². The number of para-hydroxylation sites is 1. The van der Waals surface area contributed by atoms with Gasteiger partial charge in [0.15, 0.2) is 0 Å². The van der Waals surface area contributed by atoms with Crippen molar-refractivity contribution in [3.8, 4) is 0 Å². The number of benzene rings is 1. The summed E-state index contributed by atoms with van der Waals surface area (Å²) in [7, 11) is 0. The van der Waals surface area contributed by atoms with Crippen molar-refractivity contribution in [2.45, 2.75) is 45.6 Å². The fourth-order valence-corrected chi connectivity index (χ4v) is 3.77. The van der Waals surface area contributed by atoms with E-state index in [9.17, 15) is 0 Å². The Balaban J connectivity index is 2.01. The highest BCUT2D eigenvalue weighted by Crippen LogP contribution is 2.42. The molecule has 0 bridgehead atoms. The zero-order chi connectivity index (χ0) is 13.3. The molecular weight excluding hydrogens is 256 g/mol. The molecule has 3 rings (SSSR count). The lowest BCUT2D eigenvalue weighted by molar-refractivity contribution is 0.337. The molecule has 1 aromatic heterocycles. The van der Waals surface area contributed by atoms with E-state index in [0.717, 1.165) is 18.8 Å². The Kier molecular flexibility index (Phi) is 3.53. The van der Waals surface area contributed by atoms with Crippen LogP contribution in [0.2, 0.25) is 0 Å². The van der Waals surface area contributed by atoms with E-state index < -0.39 is 0 Å². The minimum atomic E-state index is 0.289. The van der Waals surface area contributed by atoms with Crippen molar-refractivity contribution < 1.29 is 0 Å². The summed E-state index contributed by atoms with van der Waals surface area (Å²) >= 11 is 6.27. The topological polar surface area (TPSA) is 17.8 Å². The Bertz CT molecular complexity index is 567. The molecule has 19 heavy (non-hydrogen) atoms. The maximum absolute atomic E-state index is 6.27. The molecule has 0 radical (unpaired) electrons. The minimum Gasteiger partial charge on any atom is -0.265 e. The summed E-state index contributed by atoms with van der Waals surface area (Å²) in [4.78, 5) is 0. The van der Waals surface area contributed by atoms with Gasteiger partial charge in [0.2, 0.25) is 0 Å². The maximum Gasteiger partial charge on any atom is 0.0709 e. The van der Waals surface area contributed by atoms with E-state index in [-0.39, 0.29) is 5.41 Å². The first-order valence-corrected chi connectivity index (χ1v) is 7.82. The Hall–Kier alpha value is -1.02. The van der Waals surface area contributed by atoms with Crippen LogP contribution in [0.5, 0.6) is 0 Å². The molecule has 0 aliphatic heterocycles. The van der Waals surface area contributed by atoms with Gasteiger partial charge in [-0.25, -0.2) is 0 Å². The lowest BCUT2D eigenvalue weighted by atomic mass is 9.83. The van der Waals surface area contributed by atoms with Gasteiger partial charge >= 0.3 is 0 Å². The summed E-state index contributed by atoms with van der Waals surface area (Å²) in [5.74, 6) is 0.764. The summed E-state index contributed by atoms with van der Waals surface area (Å²) in [5.41, 5.74) is 2.78. The number of halogens is 1. The molecule has 0 unspecified atom stereocenters. The number of aryl methyl sites for hydroxylation is 1. The van der Waals surface area contributed by atoms with Crippen molar-refractivity contribution in [3.05, 3.63) is 30.0 Å². The first-order chi connectivity index (χ1) is 9.28. The van der Waals surface area contributed by atoms with Gasteiger partial charge in [-0.15, -0.1) is 11.6 Å². The van der Waals surface area contributed by atoms with Gasteiger partial charge in [0, 0.05) is 17.8 Å². The highest BCUT2D eigenvalue weighted by Gasteiger charge is 2.34. The van der Waals surface area contributed by atoms with Gasteiger partial charge in [-0.1, -0.05) is 31.0 Å². The molecule has 0 N–H and O–H groups in total. The molecule has 1 heterocycles. The van der Waals surface area contributed by atoms with E-state index in [4.69, 9.17) is 16.7 Å². The highest BCUT2D eigenvalue weighted by atomic mass is 35.5. The normalized spacial score (nSPS) is 18.2. The molecule has 2 nitrogen and oxygen atoms in total. The smallest absolute Gasteiger partial charge is 0.0709 e. The zero-order valence-electron chi connectivity index (χ0n) is 11.5. The Morgan fingerprint density at radius 1 is 1.26 bits per heavy atom. The fourth-order valence-electron chi connectivity index (χ4n) is 3.41. The third kappa shape index (κ3) is 2.27. The Morgan fingerprint density at radius 2 is 2.00 bits per heavy atom. The molecule has 102 valence electrons. The number of hydrogen-bond acceptors (Lipinski definition) is 1. The lowest BCUT2D eigenvalue weighted by Gasteiger charge is -2.25. The van der Waals surface area contributed by atoms with Crippen LogP contribution in [0.25, 0.3) is 10.9 Å². The summed E-state index contributed by atoms with van der Waals surface area (Å²) in [5, 5.41) is 6.13. The van der Waals surface area contributed by atoms with Crippen molar-refractivity contribution in [1.29, 1.82) is 0 Å². The average molecular weight is 277 g/mol. The number of rotatable bonds is 4. The predicted molar refractivity (Wildman–Crippen MR) is 80.7 cm³/mol. The van der Waals surface area contributed by atoms with E-state index in [1.165, 1.54) is 42.3 Å². The van der Waals surface area contributed by atoms with Gasteiger partial charge in [0.05, 0.1) is 11.2 Å². The maximum atomic E-state index is 6.27. The first kappa shape index (κ1) is 13.0. The van der Waals surface area contributed by atoms with Crippen molar-refractivity contribution in [3.63, 3.8) is 0 Å². The van der Waals surface area contributed by atoms with Crippen molar-refractivity contribution >= 4 is 22.5 Å². The molecule has 1 saturated carbocycles. The Morgan fingerprint density at radius 3 is 2.68 bits per heavy atom. The molecule has 0 amide bonds. The summed E-state index contributed by atoms with van der Waals surface area (Å²) in [6.07, 6.45) is 6.18. The summed E-state index contributed by atoms with van der Waals surface area (Å²) in [6, 6.07) is 8.56. The molecule has 3 heteroatoms. The monoisotopic (exact) mass is 276 g/mol. The highest BCUT2D eigenvalue weighted by molar-refractivity contribution is 6.18. The van der Waals surface area contributed by atoms with E-state index in [2.05, 4.69) is 35.9 Å². The third-order valence-corrected chi connectivity index (χ3v) is 5.09. The van der Waals surface area contributed by atoms with Crippen LogP contribution in [-0.4, -0.2) is 15.7 Å². The average Bonchev–Trinajstić information content (AvgIpc) is 3.05. The fraction of sp³-hybridized carbons (Fsp3) is 0.562. The first-order valence-electron chi connectivity index (χ1n) is 7.28. The van der Waals surface area contributed by atoms with E-state index in [0.29, 0.717) is 0 Å². The third-order valence-electron chi connectivity index (χ3n) is 4.52. The molecule has 0 atom stereocenters. The lowest BCUT2D eigenvalue weighted by Crippen LogP contribution is -2.22. The number of aromatic nitrogens is 2. The molecule has 0 spiro atoms. The second-order valence-corrected chi connectivity index (χ2v) is 6.06. The van der Waals surface area contributed by atoms with Crippen LogP contribution < -0.4 is 0 Å². The van der Waals surface area contributed by atoms with E-state index in [1.807, 2.05) is 0 Å².